The molecule has 0 aliphatic heterocycles. The van der Waals surface area contributed by atoms with Gasteiger partial charge in [0.15, 0.2) is 0 Å². The summed E-state index contributed by atoms with van der Waals surface area (Å²) in [4.78, 5) is 20.8. The van der Waals surface area contributed by atoms with Gasteiger partial charge in [-0.1, -0.05) is 5.92 Å². The molecule has 0 aliphatic carbocycles. The Bertz CT molecular complexity index is 197. The summed E-state index contributed by atoms with van der Waals surface area (Å²) in [7, 11) is 0. The summed E-state index contributed by atoms with van der Waals surface area (Å²) < 4.78 is 0. The Labute approximate surface area is 59.8 Å². The highest BCUT2D eigenvalue weighted by Crippen LogP contribution is 1.65. The molecule has 1 N–H and O–H groups in total. The van der Waals surface area contributed by atoms with E-state index < -0.39 is 5.91 Å². The van der Waals surface area contributed by atoms with Gasteiger partial charge in [-0.2, -0.15) is 0 Å². The SMILES string of the molecule is CC#CC(=O)NCC(C)=O. The van der Waals surface area contributed by atoms with E-state index in [1.165, 1.54) is 6.92 Å². The molecule has 0 aromatic rings. The third-order valence-corrected chi connectivity index (χ3v) is 0.736. The van der Waals surface area contributed by atoms with Crippen molar-refractivity contribution < 1.29 is 9.59 Å². The Kier molecular flexibility index (Phi) is 3.97. The lowest BCUT2D eigenvalue weighted by atomic mass is 10.4. The maximum Gasteiger partial charge on any atom is 0.296 e. The Balaban J connectivity index is 3.57. The molecule has 0 saturated carbocycles. The first-order valence-corrected chi connectivity index (χ1v) is 2.87. The number of amides is 1. The molecule has 10 heavy (non-hydrogen) atoms. The van der Waals surface area contributed by atoms with E-state index in [-0.39, 0.29) is 12.3 Å². The molecule has 0 radical (unpaired) electrons. The molecule has 0 aliphatic rings. The van der Waals surface area contributed by atoms with Crippen LogP contribution >= 0.6 is 0 Å². The molecular formula is C7H9NO2. The fourth-order valence-corrected chi connectivity index (χ4v) is 0.362. The zero-order valence-corrected chi connectivity index (χ0v) is 6.02. The van der Waals surface area contributed by atoms with Crippen LogP contribution in [-0.4, -0.2) is 18.2 Å². The van der Waals surface area contributed by atoms with Crippen LogP contribution in [0.2, 0.25) is 0 Å². The van der Waals surface area contributed by atoms with E-state index in [1.54, 1.807) is 6.92 Å². The third-order valence-electron chi connectivity index (χ3n) is 0.736. The average molecular weight is 139 g/mol. The van der Waals surface area contributed by atoms with Crippen molar-refractivity contribution in [2.45, 2.75) is 13.8 Å². The van der Waals surface area contributed by atoms with E-state index >= 15 is 0 Å². The predicted octanol–water partition coefficient (Wildman–Crippen LogP) is -0.285. The Morgan fingerprint density at radius 2 is 2.10 bits per heavy atom. The van der Waals surface area contributed by atoms with E-state index in [4.69, 9.17) is 0 Å². The van der Waals surface area contributed by atoms with Crippen LogP contribution in [0, 0.1) is 11.8 Å². The molecule has 0 bridgehead atoms. The summed E-state index contributed by atoms with van der Waals surface area (Å²) >= 11 is 0. The van der Waals surface area contributed by atoms with Crippen LogP contribution < -0.4 is 5.32 Å². The van der Waals surface area contributed by atoms with Crippen LogP contribution in [-0.2, 0) is 9.59 Å². The number of hydrogen-bond acceptors (Lipinski definition) is 2. The summed E-state index contributed by atoms with van der Waals surface area (Å²) in [5, 5.41) is 2.32. The molecule has 3 nitrogen and oxygen atoms in total. The van der Waals surface area contributed by atoms with Crippen molar-refractivity contribution in [1.82, 2.24) is 5.32 Å². The number of carbonyl (C=O) groups excluding carboxylic acids is 2. The maximum atomic E-state index is 10.5. The van der Waals surface area contributed by atoms with E-state index in [2.05, 4.69) is 17.2 Å². The standard InChI is InChI=1S/C7H9NO2/c1-3-4-7(10)8-5-6(2)9/h5H2,1-2H3,(H,8,10). The molecule has 0 atom stereocenters. The molecule has 0 aromatic heterocycles. The van der Waals surface area contributed by atoms with Gasteiger partial charge in [-0.05, 0) is 19.8 Å². The normalized spacial score (nSPS) is 7.40. The van der Waals surface area contributed by atoms with Crippen molar-refractivity contribution >= 4 is 11.7 Å². The summed E-state index contributed by atoms with van der Waals surface area (Å²) in [5.41, 5.74) is 0. The van der Waals surface area contributed by atoms with Gasteiger partial charge >= 0.3 is 0 Å². The van der Waals surface area contributed by atoms with Crippen molar-refractivity contribution in [3.8, 4) is 11.8 Å². The summed E-state index contributed by atoms with van der Waals surface area (Å²) in [6, 6.07) is 0. The number of carbonyl (C=O) groups is 2. The van der Waals surface area contributed by atoms with Crippen LogP contribution in [0.4, 0.5) is 0 Å². The van der Waals surface area contributed by atoms with Gasteiger partial charge in [-0.15, -0.1) is 0 Å². The van der Waals surface area contributed by atoms with E-state index in [0.717, 1.165) is 0 Å². The lowest BCUT2D eigenvalue weighted by Gasteiger charge is -1.93. The second-order valence-electron chi connectivity index (χ2n) is 1.76. The van der Waals surface area contributed by atoms with Gasteiger partial charge in [-0.25, -0.2) is 0 Å². The van der Waals surface area contributed by atoms with Crippen LogP contribution in [0.5, 0.6) is 0 Å². The first-order valence-electron chi connectivity index (χ1n) is 2.87. The Morgan fingerprint density at radius 1 is 1.50 bits per heavy atom. The van der Waals surface area contributed by atoms with Gasteiger partial charge in [-0.3, -0.25) is 9.59 Å². The van der Waals surface area contributed by atoms with E-state index in [9.17, 15) is 9.59 Å². The smallest absolute Gasteiger partial charge is 0.296 e. The second-order valence-corrected chi connectivity index (χ2v) is 1.76. The monoisotopic (exact) mass is 139 g/mol. The highest BCUT2D eigenvalue weighted by atomic mass is 16.2. The van der Waals surface area contributed by atoms with Gasteiger partial charge in [0.25, 0.3) is 5.91 Å². The summed E-state index contributed by atoms with van der Waals surface area (Å²) in [6.45, 7) is 3.03. The Morgan fingerprint density at radius 3 is 2.50 bits per heavy atom. The lowest BCUT2D eigenvalue weighted by molar-refractivity contribution is -0.121. The van der Waals surface area contributed by atoms with Crippen molar-refractivity contribution in [2.75, 3.05) is 6.54 Å². The van der Waals surface area contributed by atoms with E-state index in [1.807, 2.05) is 0 Å². The highest BCUT2D eigenvalue weighted by molar-refractivity contribution is 5.95. The molecule has 0 rings (SSSR count). The fraction of sp³-hybridized carbons (Fsp3) is 0.429. The first kappa shape index (κ1) is 8.70. The molecular weight excluding hydrogens is 130 g/mol. The molecule has 54 valence electrons. The number of nitrogens with one attached hydrogen (secondary N) is 1. The van der Waals surface area contributed by atoms with Gasteiger partial charge in [0, 0.05) is 0 Å². The van der Waals surface area contributed by atoms with Gasteiger partial charge in [0.2, 0.25) is 0 Å². The van der Waals surface area contributed by atoms with Crippen LogP contribution in [0.1, 0.15) is 13.8 Å². The van der Waals surface area contributed by atoms with Crippen LogP contribution in [0.25, 0.3) is 0 Å². The molecule has 0 fully saturated rings. The Hall–Kier alpha value is -1.30. The van der Waals surface area contributed by atoms with Crippen molar-refractivity contribution in [2.24, 2.45) is 0 Å². The molecule has 3 heteroatoms. The summed E-state index contributed by atoms with van der Waals surface area (Å²) in [5.74, 6) is 4.18. The minimum absolute atomic E-state index is 0.0630. The topological polar surface area (TPSA) is 46.2 Å². The van der Waals surface area contributed by atoms with Gasteiger partial charge in [0.05, 0.1) is 6.54 Å². The van der Waals surface area contributed by atoms with Gasteiger partial charge < -0.3 is 5.32 Å². The average Bonchev–Trinajstić information content (AvgIpc) is 1.85. The summed E-state index contributed by atoms with van der Waals surface area (Å²) in [6.07, 6.45) is 0. The maximum absolute atomic E-state index is 10.5. The molecule has 0 aromatic carbocycles. The lowest BCUT2D eigenvalue weighted by Crippen LogP contribution is -2.26. The first-order chi connectivity index (χ1) is 4.66. The number of hydrogen-bond donors (Lipinski definition) is 1. The minimum Gasteiger partial charge on any atom is -0.338 e. The van der Waals surface area contributed by atoms with Crippen molar-refractivity contribution in [1.29, 1.82) is 0 Å². The van der Waals surface area contributed by atoms with Crippen LogP contribution in [0.3, 0.4) is 0 Å². The second kappa shape index (κ2) is 4.57. The number of Topliss-reactive ketones (excluding diaryl/α,β-unsaturated/α-hetero) is 1. The molecule has 0 heterocycles. The van der Waals surface area contributed by atoms with E-state index in [0.29, 0.717) is 0 Å². The number of ketones is 1. The zero-order chi connectivity index (χ0) is 7.98. The minimum atomic E-state index is -0.405. The molecule has 1 amide bonds. The fourth-order valence-electron chi connectivity index (χ4n) is 0.362. The zero-order valence-electron chi connectivity index (χ0n) is 6.02. The largest absolute Gasteiger partial charge is 0.338 e. The molecule has 0 spiro atoms. The highest BCUT2D eigenvalue weighted by Gasteiger charge is 1.95. The van der Waals surface area contributed by atoms with Crippen LogP contribution in [0.15, 0.2) is 0 Å². The molecule has 0 saturated heterocycles. The van der Waals surface area contributed by atoms with Crippen molar-refractivity contribution in [3.63, 3.8) is 0 Å². The quantitative estimate of drug-likeness (QED) is 0.534. The predicted molar refractivity (Wildman–Crippen MR) is 37.1 cm³/mol. The molecule has 0 unspecified atom stereocenters. The third kappa shape index (κ3) is 4.85. The number of rotatable bonds is 2. The van der Waals surface area contributed by atoms with Crippen molar-refractivity contribution in [3.05, 3.63) is 0 Å². The van der Waals surface area contributed by atoms with Gasteiger partial charge in [0.1, 0.15) is 5.78 Å².